The standard InChI is InChI=1S/C6H2F4O2.C2H4O2/c7-1-2(8)6(12)4(10)3(9)5(1)11;1-2(3)4/h11-12H;1H3,(H,3,4). The topological polar surface area (TPSA) is 77.8 Å². The third-order valence-electron chi connectivity index (χ3n) is 1.22. The molecule has 0 saturated heterocycles. The second-order valence-corrected chi connectivity index (χ2v) is 2.47. The number of carbonyl (C=O) groups is 1. The number of benzene rings is 1. The van der Waals surface area contributed by atoms with Gasteiger partial charge in [-0.15, -0.1) is 0 Å². The van der Waals surface area contributed by atoms with Crippen LogP contribution in [0, 0.1) is 23.3 Å². The predicted octanol–water partition coefficient (Wildman–Crippen LogP) is 1.75. The quantitative estimate of drug-likeness (QED) is 0.368. The second kappa shape index (κ2) is 5.19. The van der Waals surface area contributed by atoms with Crippen LogP contribution in [0.1, 0.15) is 6.92 Å². The molecule has 8 heteroatoms. The lowest BCUT2D eigenvalue weighted by atomic mass is 10.2. The average Bonchev–Trinajstić information content (AvgIpc) is 2.20. The third-order valence-corrected chi connectivity index (χ3v) is 1.22. The van der Waals surface area contributed by atoms with E-state index in [2.05, 4.69) is 0 Å². The zero-order valence-corrected chi connectivity index (χ0v) is 7.76. The summed E-state index contributed by atoms with van der Waals surface area (Å²) in [6.07, 6.45) is 0. The highest BCUT2D eigenvalue weighted by atomic mass is 19.2. The fraction of sp³-hybridized carbons (Fsp3) is 0.125. The van der Waals surface area contributed by atoms with E-state index in [4.69, 9.17) is 20.1 Å². The van der Waals surface area contributed by atoms with E-state index in [1.807, 2.05) is 0 Å². The molecule has 0 aliphatic rings. The highest BCUT2D eigenvalue weighted by Gasteiger charge is 2.24. The Hall–Kier alpha value is -1.99. The largest absolute Gasteiger partial charge is 0.503 e. The van der Waals surface area contributed by atoms with Crippen molar-refractivity contribution < 1.29 is 37.7 Å². The van der Waals surface area contributed by atoms with E-state index in [1.165, 1.54) is 0 Å². The summed E-state index contributed by atoms with van der Waals surface area (Å²) in [4.78, 5) is 9.00. The van der Waals surface area contributed by atoms with Crippen molar-refractivity contribution in [1.82, 2.24) is 0 Å². The van der Waals surface area contributed by atoms with Crippen molar-refractivity contribution in [1.29, 1.82) is 0 Å². The number of carboxylic acids is 1. The normalized spacial score (nSPS) is 9.31. The maximum atomic E-state index is 12.2. The van der Waals surface area contributed by atoms with Gasteiger partial charge >= 0.3 is 0 Å². The lowest BCUT2D eigenvalue weighted by Crippen LogP contribution is -1.94. The van der Waals surface area contributed by atoms with Gasteiger partial charge in [0.05, 0.1) is 0 Å². The van der Waals surface area contributed by atoms with Crippen molar-refractivity contribution in [3.8, 4) is 11.5 Å². The molecule has 0 saturated carbocycles. The van der Waals surface area contributed by atoms with E-state index in [0.29, 0.717) is 0 Å². The van der Waals surface area contributed by atoms with Crippen molar-refractivity contribution in [3.05, 3.63) is 23.3 Å². The number of rotatable bonds is 0. The maximum absolute atomic E-state index is 12.2. The van der Waals surface area contributed by atoms with Gasteiger partial charge in [-0.2, -0.15) is 17.6 Å². The predicted molar refractivity (Wildman–Crippen MR) is 42.9 cm³/mol. The van der Waals surface area contributed by atoms with Gasteiger partial charge in [0.2, 0.25) is 23.3 Å². The molecule has 0 spiro atoms. The van der Waals surface area contributed by atoms with Gasteiger partial charge in [0.25, 0.3) is 5.97 Å². The van der Waals surface area contributed by atoms with Crippen molar-refractivity contribution >= 4 is 5.97 Å². The summed E-state index contributed by atoms with van der Waals surface area (Å²) in [7, 11) is 0. The Balaban J connectivity index is 0.000000487. The molecule has 0 fully saturated rings. The minimum atomic E-state index is -2.02. The minimum Gasteiger partial charge on any atom is -0.503 e. The molecule has 0 bridgehead atoms. The van der Waals surface area contributed by atoms with E-state index in [9.17, 15) is 17.6 Å². The molecule has 0 aromatic heterocycles. The summed E-state index contributed by atoms with van der Waals surface area (Å²) in [5.41, 5.74) is 0. The molecular formula is C8H6F4O4. The molecule has 1 aromatic rings. The Labute approximate surface area is 86.4 Å². The first-order valence-electron chi connectivity index (χ1n) is 3.63. The monoisotopic (exact) mass is 242 g/mol. The Bertz CT molecular complexity index is 310. The van der Waals surface area contributed by atoms with Crippen molar-refractivity contribution in [2.75, 3.05) is 0 Å². The molecule has 0 amide bonds. The summed E-state index contributed by atoms with van der Waals surface area (Å²) in [5.74, 6) is -12.5. The van der Waals surface area contributed by atoms with Gasteiger partial charge in [0.15, 0.2) is 11.5 Å². The number of phenols is 2. The Morgan fingerprint density at radius 2 is 1.00 bits per heavy atom. The molecule has 0 radical (unpaired) electrons. The van der Waals surface area contributed by atoms with E-state index < -0.39 is 40.7 Å². The first-order valence-corrected chi connectivity index (χ1v) is 3.63. The van der Waals surface area contributed by atoms with Crippen LogP contribution >= 0.6 is 0 Å². The van der Waals surface area contributed by atoms with Crippen LogP contribution in [0.25, 0.3) is 0 Å². The molecule has 0 heterocycles. The van der Waals surface area contributed by atoms with Crippen LogP contribution in [-0.2, 0) is 4.79 Å². The minimum absolute atomic E-state index is 0.833. The van der Waals surface area contributed by atoms with E-state index in [1.54, 1.807) is 0 Å². The molecule has 1 aromatic carbocycles. The number of hydrogen-bond acceptors (Lipinski definition) is 3. The van der Waals surface area contributed by atoms with Crippen LogP contribution in [-0.4, -0.2) is 21.3 Å². The average molecular weight is 242 g/mol. The first-order chi connectivity index (χ1) is 7.20. The summed E-state index contributed by atoms with van der Waals surface area (Å²) >= 11 is 0. The lowest BCUT2D eigenvalue weighted by molar-refractivity contribution is -0.134. The number of halogens is 4. The first kappa shape index (κ1) is 14.0. The maximum Gasteiger partial charge on any atom is 0.300 e. The van der Waals surface area contributed by atoms with Gasteiger partial charge in [-0.1, -0.05) is 0 Å². The molecule has 0 unspecified atom stereocenters. The molecular weight excluding hydrogens is 236 g/mol. The van der Waals surface area contributed by atoms with Gasteiger partial charge in [-0.05, 0) is 0 Å². The second-order valence-electron chi connectivity index (χ2n) is 2.47. The molecule has 0 atom stereocenters. The van der Waals surface area contributed by atoms with Gasteiger partial charge in [0, 0.05) is 6.92 Å². The van der Waals surface area contributed by atoms with E-state index in [-0.39, 0.29) is 0 Å². The fourth-order valence-electron chi connectivity index (χ4n) is 0.609. The van der Waals surface area contributed by atoms with Crippen LogP contribution < -0.4 is 0 Å². The van der Waals surface area contributed by atoms with Crippen molar-refractivity contribution in [3.63, 3.8) is 0 Å². The summed E-state index contributed by atoms with van der Waals surface area (Å²) in [5, 5.41) is 24.1. The van der Waals surface area contributed by atoms with Gasteiger partial charge < -0.3 is 15.3 Å². The smallest absolute Gasteiger partial charge is 0.300 e. The molecule has 90 valence electrons. The van der Waals surface area contributed by atoms with Crippen LogP contribution in [0.3, 0.4) is 0 Å². The lowest BCUT2D eigenvalue weighted by Gasteiger charge is -2.02. The Morgan fingerprint density at radius 1 is 0.875 bits per heavy atom. The van der Waals surface area contributed by atoms with Crippen molar-refractivity contribution in [2.45, 2.75) is 6.92 Å². The Morgan fingerprint density at radius 3 is 1.12 bits per heavy atom. The molecule has 1 rings (SSSR count). The molecule has 0 aliphatic carbocycles. The summed E-state index contributed by atoms with van der Waals surface area (Å²) in [6, 6.07) is 0. The van der Waals surface area contributed by atoms with Crippen molar-refractivity contribution in [2.24, 2.45) is 0 Å². The summed E-state index contributed by atoms with van der Waals surface area (Å²) < 4.78 is 49.0. The van der Waals surface area contributed by atoms with Crippen LogP contribution in [0.15, 0.2) is 0 Å². The molecule has 16 heavy (non-hydrogen) atoms. The Kier molecular flexibility index (Phi) is 4.55. The van der Waals surface area contributed by atoms with E-state index >= 15 is 0 Å². The number of carboxylic acid groups (broad SMARTS) is 1. The van der Waals surface area contributed by atoms with Crippen LogP contribution in [0.4, 0.5) is 17.6 Å². The summed E-state index contributed by atoms with van der Waals surface area (Å²) in [6.45, 7) is 1.08. The zero-order valence-electron chi connectivity index (χ0n) is 7.76. The molecule has 3 N–H and O–H groups in total. The third kappa shape index (κ3) is 3.01. The molecule has 0 aliphatic heterocycles. The zero-order chi connectivity index (χ0) is 13.0. The fourth-order valence-corrected chi connectivity index (χ4v) is 0.609. The highest BCUT2D eigenvalue weighted by Crippen LogP contribution is 2.32. The van der Waals surface area contributed by atoms with Gasteiger partial charge in [0.1, 0.15) is 0 Å². The SMILES string of the molecule is CC(=O)O.Oc1c(F)c(F)c(O)c(F)c1F. The number of aliphatic carboxylic acids is 1. The number of hydrogen-bond donors (Lipinski definition) is 3. The van der Waals surface area contributed by atoms with Gasteiger partial charge in [-0.25, -0.2) is 0 Å². The number of phenolic OH excluding ortho intramolecular Hbond substituents is 2. The van der Waals surface area contributed by atoms with Crippen LogP contribution in [0.2, 0.25) is 0 Å². The van der Waals surface area contributed by atoms with Crippen LogP contribution in [0.5, 0.6) is 11.5 Å². The molecule has 4 nitrogen and oxygen atoms in total. The van der Waals surface area contributed by atoms with E-state index in [0.717, 1.165) is 6.92 Å². The highest BCUT2D eigenvalue weighted by molar-refractivity contribution is 5.62. The number of aromatic hydroxyl groups is 2. The van der Waals surface area contributed by atoms with Gasteiger partial charge in [-0.3, -0.25) is 4.79 Å².